The number of hydrogen-bond acceptors (Lipinski definition) is 4. The van der Waals surface area contributed by atoms with Gasteiger partial charge in [-0.25, -0.2) is 18.1 Å². The third-order valence-corrected chi connectivity index (χ3v) is 6.06. The second-order valence-corrected chi connectivity index (χ2v) is 9.02. The highest BCUT2D eigenvalue weighted by Gasteiger charge is 2.41. The van der Waals surface area contributed by atoms with Crippen molar-refractivity contribution in [3.05, 3.63) is 34.4 Å². The summed E-state index contributed by atoms with van der Waals surface area (Å²) in [5, 5.41) is 0.328. The van der Waals surface area contributed by atoms with Crippen molar-refractivity contribution in [1.82, 2.24) is 14.3 Å². The molecule has 1 aliphatic carbocycles. The summed E-state index contributed by atoms with van der Waals surface area (Å²) >= 11 is 0. The molecule has 1 aromatic heterocycles. The lowest BCUT2D eigenvalue weighted by Crippen LogP contribution is -2.34. The fourth-order valence-corrected chi connectivity index (χ4v) is 4.17. The lowest BCUT2D eigenvalue weighted by atomic mass is 10.1. The van der Waals surface area contributed by atoms with Gasteiger partial charge in [0.05, 0.1) is 15.8 Å². The van der Waals surface area contributed by atoms with E-state index in [0.29, 0.717) is 29.1 Å². The molecule has 3 rings (SSSR count). The Morgan fingerprint density at radius 3 is 2.58 bits per heavy atom. The Hall–Kier alpha value is -1.73. The SMILES string of the molecule is CC(C)Cc1nc2ccc(S(=O)(=O)NC3(C)CC3)cc2c(=O)n1C. The standard InChI is InChI=1S/C17H23N3O3S/c1-11(2)9-15-18-14-6-5-12(10-13(14)16(21)20(15)4)24(22,23)19-17(3)7-8-17/h5-6,10-11,19H,7-9H2,1-4H3. The second kappa shape index (κ2) is 5.67. The summed E-state index contributed by atoms with van der Waals surface area (Å²) in [5.74, 6) is 1.09. The van der Waals surface area contributed by atoms with Crippen LogP contribution in [0, 0.1) is 5.92 Å². The Bertz CT molecular complexity index is 957. The molecule has 1 heterocycles. The van der Waals surface area contributed by atoms with Crippen LogP contribution in [0.4, 0.5) is 0 Å². The number of nitrogens with zero attached hydrogens (tertiary/aromatic N) is 2. The van der Waals surface area contributed by atoms with Crippen molar-refractivity contribution >= 4 is 20.9 Å². The van der Waals surface area contributed by atoms with Gasteiger partial charge in [0.2, 0.25) is 10.0 Å². The third-order valence-electron chi connectivity index (χ3n) is 4.42. The maximum absolute atomic E-state index is 12.6. The molecule has 6 nitrogen and oxygen atoms in total. The predicted molar refractivity (Wildman–Crippen MR) is 93.5 cm³/mol. The van der Waals surface area contributed by atoms with Gasteiger partial charge >= 0.3 is 0 Å². The van der Waals surface area contributed by atoms with Crippen LogP contribution in [-0.4, -0.2) is 23.5 Å². The molecular formula is C17H23N3O3S. The number of rotatable bonds is 5. The molecule has 0 saturated heterocycles. The van der Waals surface area contributed by atoms with E-state index in [1.54, 1.807) is 13.1 Å². The Labute approximate surface area is 142 Å². The summed E-state index contributed by atoms with van der Waals surface area (Å²) in [5.41, 5.74) is -0.0337. The molecule has 2 aromatic rings. The molecule has 0 radical (unpaired) electrons. The zero-order valence-corrected chi connectivity index (χ0v) is 15.3. The van der Waals surface area contributed by atoms with Crippen LogP contribution in [-0.2, 0) is 23.5 Å². The Morgan fingerprint density at radius 2 is 2.00 bits per heavy atom. The molecule has 1 aromatic carbocycles. The first kappa shape index (κ1) is 17.1. The Morgan fingerprint density at radius 1 is 1.33 bits per heavy atom. The van der Waals surface area contributed by atoms with Crippen LogP contribution in [0.2, 0.25) is 0 Å². The topological polar surface area (TPSA) is 81.1 Å². The van der Waals surface area contributed by atoms with Crippen LogP contribution < -0.4 is 10.3 Å². The molecule has 0 atom stereocenters. The van der Waals surface area contributed by atoms with Gasteiger partial charge in [-0.2, -0.15) is 0 Å². The zero-order valence-electron chi connectivity index (χ0n) is 14.5. The molecular weight excluding hydrogens is 326 g/mol. The van der Waals surface area contributed by atoms with Gasteiger partial charge in [-0.3, -0.25) is 9.36 Å². The van der Waals surface area contributed by atoms with Gasteiger partial charge in [-0.1, -0.05) is 13.8 Å². The van der Waals surface area contributed by atoms with E-state index >= 15 is 0 Å². The highest BCUT2D eigenvalue weighted by Crippen LogP contribution is 2.36. The van der Waals surface area contributed by atoms with E-state index in [0.717, 1.165) is 12.8 Å². The molecule has 0 unspecified atom stereocenters. The lowest BCUT2D eigenvalue weighted by Gasteiger charge is -2.14. The van der Waals surface area contributed by atoms with Crippen molar-refractivity contribution in [3.8, 4) is 0 Å². The smallest absolute Gasteiger partial charge is 0.261 e. The minimum absolute atomic E-state index is 0.110. The Kier molecular flexibility index (Phi) is 4.04. The van der Waals surface area contributed by atoms with Crippen molar-refractivity contribution in [2.45, 2.75) is 50.5 Å². The average molecular weight is 349 g/mol. The van der Waals surface area contributed by atoms with Crippen molar-refractivity contribution in [2.24, 2.45) is 13.0 Å². The van der Waals surface area contributed by atoms with Gasteiger partial charge < -0.3 is 0 Å². The molecule has 130 valence electrons. The molecule has 24 heavy (non-hydrogen) atoms. The van der Waals surface area contributed by atoms with Crippen molar-refractivity contribution in [2.75, 3.05) is 0 Å². The number of aromatic nitrogens is 2. The van der Waals surface area contributed by atoms with E-state index < -0.39 is 10.0 Å². The molecule has 1 aliphatic rings. The molecule has 7 heteroatoms. The summed E-state index contributed by atoms with van der Waals surface area (Å²) < 4.78 is 29.2. The van der Waals surface area contributed by atoms with Gasteiger partial charge in [0.25, 0.3) is 5.56 Å². The van der Waals surface area contributed by atoms with E-state index in [1.165, 1.54) is 16.7 Å². The van der Waals surface area contributed by atoms with Crippen LogP contribution in [0.1, 0.15) is 39.4 Å². The first-order valence-electron chi connectivity index (χ1n) is 8.15. The van der Waals surface area contributed by atoms with Crippen LogP contribution >= 0.6 is 0 Å². The molecule has 0 spiro atoms. The summed E-state index contributed by atoms with van der Waals surface area (Å²) in [4.78, 5) is 17.3. The average Bonchev–Trinajstić information content (AvgIpc) is 3.19. The van der Waals surface area contributed by atoms with Crippen LogP contribution in [0.3, 0.4) is 0 Å². The lowest BCUT2D eigenvalue weighted by molar-refractivity contribution is 0.558. The molecule has 1 N–H and O–H groups in total. The molecule has 1 fully saturated rings. The summed E-state index contributed by atoms with van der Waals surface area (Å²) in [6, 6.07) is 4.56. The van der Waals surface area contributed by atoms with E-state index in [-0.39, 0.29) is 16.0 Å². The number of sulfonamides is 1. The minimum Gasteiger partial charge on any atom is -0.299 e. The van der Waals surface area contributed by atoms with E-state index in [4.69, 9.17) is 0 Å². The van der Waals surface area contributed by atoms with E-state index in [1.807, 2.05) is 6.92 Å². The normalized spacial score (nSPS) is 16.7. The van der Waals surface area contributed by atoms with Crippen LogP contribution in [0.5, 0.6) is 0 Å². The number of benzene rings is 1. The highest BCUT2D eigenvalue weighted by molar-refractivity contribution is 7.89. The number of fused-ring (bicyclic) bond motifs is 1. The quantitative estimate of drug-likeness (QED) is 0.895. The van der Waals surface area contributed by atoms with Gasteiger partial charge in [0, 0.05) is 19.0 Å². The first-order valence-corrected chi connectivity index (χ1v) is 9.63. The maximum Gasteiger partial charge on any atom is 0.261 e. The molecule has 0 amide bonds. The summed E-state index contributed by atoms with van der Waals surface area (Å²) in [6.45, 7) is 6.01. The van der Waals surface area contributed by atoms with Gasteiger partial charge in [0.15, 0.2) is 0 Å². The molecule has 0 bridgehead atoms. The highest BCUT2D eigenvalue weighted by atomic mass is 32.2. The van der Waals surface area contributed by atoms with Crippen molar-refractivity contribution in [1.29, 1.82) is 0 Å². The van der Waals surface area contributed by atoms with Crippen molar-refractivity contribution < 1.29 is 8.42 Å². The van der Waals surface area contributed by atoms with Crippen LogP contribution in [0.15, 0.2) is 27.9 Å². The maximum atomic E-state index is 12.6. The van der Waals surface area contributed by atoms with Crippen LogP contribution in [0.25, 0.3) is 10.9 Å². The monoisotopic (exact) mass is 349 g/mol. The number of nitrogens with one attached hydrogen (secondary N) is 1. The minimum atomic E-state index is -3.63. The fraction of sp³-hybridized carbons (Fsp3) is 0.529. The zero-order chi connectivity index (χ0) is 17.7. The van der Waals surface area contributed by atoms with Gasteiger partial charge in [0.1, 0.15) is 5.82 Å². The van der Waals surface area contributed by atoms with Gasteiger partial charge in [-0.05, 0) is 43.9 Å². The molecule has 0 aliphatic heterocycles. The predicted octanol–water partition coefficient (Wildman–Crippen LogP) is 1.96. The fourth-order valence-electron chi connectivity index (χ4n) is 2.68. The summed E-state index contributed by atoms with van der Waals surface area (Å²) in [7, 11) is -1.95. The molecule has 1 saturated carbocycles. The third kappa shape index (κ3) is 3.23. The van der Waals surface area contributed by atoms with Crippen molar-refractivity contribution in [3.63, 3.8) is 0 Å². The first-order chi connectivity index (χ1) is 11.1. The number of hydrogen-bond donors (Lipinski definition) is 1. The largest absolute Gasteiger partial charge is 0.299 e. The van der Waals surface area contributed by atoms with E-state index in [2.05, 4.69) is 23.6 Å². The Balaban J connectivity index is 2.09. The second-order valence-electron chi connectivity index (χ2n) is 7.34. The van der Waals surface area contributed by atoms with E-state index in [9.17, 15) is 13.2 Å². The summed E-state index contributed by atoms with van der Waals surface area (Å²) in [6.07, 6.45) is 2.37. The van der Waals surface area contributed by atoms with Gasteiger partial charge in [-0.15, -0.1) is 0 Å².